The third kappa shape index (κ3) is 3.84. The first-order valence-electron chi connectivity index (χ1n) is 8.63. The molecule has 25 heavy (non-hydrogen) atoms. The molecule has 0 spiro atoms. The van der Waals surface area contributed by atoms with Gasteiger partial charge >= 0.3 is 6.03 Å². The molecule has 0 aromatic carbocycles. The van der Waals surface area contributed by atoms with Crippen LogP contribution >= 0.6 is 0 Å². The highest BCUT2D eigenvalue weighted by molar-refractivity contribution is 5.94. The first-order chi connectivity index (χ1) is 12.1. The Hall–Kier alpha value is -2.35. The molecular formula is C17H24N4O4. The van der Waals surface area contributed by atoms with Gasteiger partial charge in [-0.3, -0.25) is 9.59 Å². The van der Waals surface area contributed by atoms with Crippen LogP contribution in [-0.2, 0) is 11.3 Å². The van der Waals surface area contributed by atoms with E-state index in [1.165, 1.54) is 10.6 Å². The van der Waals surface area contributed by atoms with Gasteiger partial charge in [-0.1, -0.05) is 0 Å². The van der Waals surface area contributed by atoms with Gasteiger partial charge in [0.25, 0.3) is 11.5 Å². The van der Waals surface area contributed by atoms with E-state index in [1.54, 1.807) is 24.3 Å². The van der Waals surface area contributed by atoms with Gasteiger partial charge in [0, 0.05) is 58.1 Å². The number of urea groups is 1. The van der Waals surface area contributed by atoms with Crippen LogP contribution in [0.4, 0.5) is 4.79 Å². The van der Waals surface area contributed by atoms with E-state index in [1.807, 2.05) is 4.90 Å². The van der Waals surface area contributed by atoms with E-state index in [4.69, 9.17) is 4.74 Å². The molecule has 8 nitrogen and oxygen atoms in total. The lowest BCUT2D eigenvalue weighted by Crippen LogP contribution is -2.47. The highest BCUT2D eigenvalue weighted by atomic mass is 16.5. The first kappa shape index (κ1) is 17.5. The third-order valence-electron chi connectivity index (χ3n) is 4.85. The smallest absolute Gasteiger partial charge is 0.317 e. The van der Waals surface area contributed by atoms with Crippen LogP contribution < -0.4 is 10.9 Å². The van der Waals surface area contributed by atoms with E-state index in [0.29, 0.717) is 38.3 Å². The number of methoxy groups -OCH3 is 1. The van der Waals surface area contributed by atoms with Gasteiger partial charge in [0.2, 0.25) is 0 Å². The van der Waals surface area contributed by atoms with Crippen molar-refractivity contribution >= 4 is 11.9 Å². The molecule has 8 heteroatoms. The van der Waals surface area contributed by atoms with Crippen LogP contribution in [0.2, 0.25) is 0 Å². The fourth-order valence-electron chi connectivity index (χ4n) is 3.42. The van der Waals surface area contributed by atoms with Crippen molar-refractivity contribution in [3.8, 4) is 0 Å². The molecule has 0 radical (unpaired) electrons. The summed E-state index contributed by atoms with van der Waals surface area (Å²) < 4.78 is 6.49. The fourth-order valence-corrected chi connectivity index (χ4v) is 3.42. The molecule has 2 saturated heterocycles. The zero-order valence-electron chi connectivity index (χ0n) is 14.4. The lowest BCUT2D eigenvalue weighted by atomic mass is 10.0. The number of likely N-dealkylation sites (tertiary alicyclic amines) is 1. The number of carbonyl (C=O) groups is 2. The number of hydrogen-bond donors (Lipinski definition) is 1. The molecule has 3 amide bonds. The van der Waals surface area contributed by atoms with Crippen LogP contribution in [0.15, 0.2) is 23.1 Å². The Morgan fingerprint density at radius 2 is 2.00 bits per heavy atom. The van der Waals surface area contributed by atoms with E-state index in [0.717, 1.165) is 19.4 Å². The minimum absolute atomic E-state index is 0.00463. The molecule has 2 aliphatic heterocycles. The molecule has 2 fully saturated rings. The summed E-state index contributed by atoms with van der Waals surface area (Å²) in [5.41, 5.74) is 0.362. The van der Waals surface area contributed by atoms with Gasteiger partial charge in [-0.15, -0.1) is 0 Å². The van der Waals surface area contributed by atoms with Crippen LogP contribution in [0.5, 0.6) is 0 Å². The van der Waals surface area contributed by atoms with E-state index in [-0.39, 0.29) is 23.5 Å². The van der Waals surface area contributed by atoms with Crippen LogP contribution in [0.25, 0.3) is 0 Å². The van der Waals surface area contributed by atoms with Crippen molar-refractivity contribution in [3.05, 3.63) is 34.2 Å². The molecule has 0 bridgehead atoms. The molecule has 0 aliphatic carbocycles. The van der Waals surface area contributed by atoms with E-state index in [9.17, 15) is 14.4 Å². The lowest BCUT2D eigenvalue weighted by molar-refractivity contribution is 0.0665. The van der Waals surface area contributed by atoms with Crippen molar-refractivity contribution in [2.24, 2.45) is 0 Å². The second-order valence-corrected chi connectivity index (χ2v) is 6.39. The largest absolute Gasteiger partial charge is 0.383 e. The number of carbonyl (C=O) groups excluding carboxylic acids is 2. The summed E-state index contributed by atoms with van der Waals surface area (Å²) in [4.78, 5) is 40.0. The second kappa shape index (κ2) is 7.69. The van der Waals surface area contributed by atoms with Gasteiger partial charge in [0.1, 0.15) is 0 Å². The molecule has 0 saturated carbocycles. The predicted molar refractivity (Wildman–Crippen MR) is 91.6 cm³/mol. The van der Waals surface area contributed by atoms with Crippen molar-refractivity contribution in [1.29, 1.82) is 0 Å². The highest BCUT2D eigenvalue weighted by Gasteiger charge is 2.32. The Morgan fingerprint density at radius 1 is 1.24 bits per heavy atom. The summed E-state index contributed by atoms with van der Waals surface area (Å²) in [6.07, 6.45) is 3.16. The van der Waals surface area contributed by atoms with E-state index >= 15 is 0 Å². The maximum absolute atomic E-state index is 12.7. The normalized spacial score (nSPS) is 18.5. The molecule has 1 aromatic rings. The Kier molecular flexibility index (Phi) is 5.37. The summed E-state index contributed by atoms with van der Waals surface area (Å²) in [5.74, 6) is -0.0736. The summed E-state index contributed by atoms with van der Waals surface area (Å²) >= 11 is 0. The van der Waals surface area contributed by atoms with Gasteiger partial charge in [0.15, 0.2) is 0 Å². The molecule has 2 aliphatic rings. The lowest BCUT2D eigenvalue weighted by Gasteiger charge is -2.36. The van der Waals surface area contributed by atoms with Crippen LogP contribution in [0.3, 0.4) is 0 Å². The number of rotatable bonds is 5. The zero-order valence-corrected chi connectivity index (χ0v) is 14.4. The van der Waals surface area contributed by atoms with Crippen molar-refractivity contribution in [1.82, 2.24) is 19.7 Å². The van der Waals surface area contributed by atoms with Crippen molar-refractivity contribution < 1.29 is 14.3 Å². The van der Waals surface area contributed by atoms with Crippen LogP contribution in [0, 0.1) is 0 Å². The monoisotopic (exact) mass is 348 g/mol. The van der Waals surface area contributed by atoms with Gasteiger partial charge in [-0.05, 0) is 18.9 Å². The molecule has 136 valence electrons. The second-order valence-electron chi connectivity index (χ2n) is 6.39. The van der Waals surface area contributed by atoms with E-state index < -0.39 is 0 Å². The predicted octanol–water partition coefficient (Wildman–Crippen LogP) is 0.125. The SMILES string of the molecule is COCCn1cc(C(=O)N2CCC(N3CCNC3=O)CC2)ccc1=O. The fraction of sp³-hybridized carbons (Fsp3) is 0.588. The number of nitrogens with zero attached hydrogens (tertiary/aromatic N) is 3. The average Bonchev–Trinajstić information content (AvgIpc) is 3.06. The molecule has 0 unspecified atom stereocenters. The maximum Gasteiger partial charge on any atom is 0.317 e. The van der Waals surface area contributed by atoms with Gasteiger partial charge in [-0.2, -0.15) is 0 Å². The van der Waals surface area contributed by atoms with Gasteiger partial charge in [0.05, 0.1) is 12.2 Å². The highest BCUT2D eigenvalue weighted by Crippen LogP contribution is 2.19. The maximum atomic E-state index is 12.7. The third-order valence-corrected chi connectivity index (χ3v) is 4.85. The minimum Gasteiger partial charge on any atom is -0.383 e. The van der Waals surface area contributed by atoms with Crippen molar-refractivity contribution in [3.63, 3.8) is 0 Å². The summed E-state index contributed by atoms with van der Waals surface area (Å²) in [5, 5.41) is 2.82. The zero-order chi connectivity index (χ0) is 17.8. The molecule has 0 atom stereocenters. The van der Waals surface area contributed by atoms with E-state index in [2.05, 4.69) is 5.32 Å². The Labute approximate surface area is 146 Å². The van der Waals surface area contributed by atoms with Gasteiger partial charge < -0.3 is 24.4 Å². The first-order valence-corrected chi connectivity index (χ1v) is 8.63. The standard InChI is InChI=1S/C17H24N4O4/c1-25-11-10-20-12-13(2-3-15(20)22)16(23)19-7-4-14(5-8-19)21-9-6-18-17(21)24/h2-3,12,14H,4-11H2,1H3,(H,18,24). The van der Waals surface area contributed by atoms with Crippen LogP contribution in [0.1, 0.15) is 23.2 Å². The molecular weight excluding hydrogens is 324 g/mol. The Balaban J connectivity index is 1.62. The minimum atomic E-state index is -0.146. The summed E-state index contributed by atoms with van der Waals surface area (Å²) in [6, 6.07) is 3.19. The number of ether oxygens (including phenoxy) is 1. The average molecular weight is 348 g/mol. The summed E-state index contributed by atoms with van der Waals surface area (Å²) in [7, 11) is 1.57. The molecule has 1 aromatic heterocycles. The number of hydrogen-bond acceptors (Lipinski definition) is 4. The molecule has 3 heterocycles. The topological polar surface area (TPSA) is 83.9 Å². The van der Waals surface area contributed by atoms with Crippen LogP contribution in [-0.4, -0.2) is 72.2 Å². The number of aromatic nitrogens is 1. The Bertz CT molecular complexity index is 694. The Morgan fingerprint density at radius 3 is 2.64 bits per heavy atom. The summed E-state index contributed by atoms with van der Waals surface area (Å²) in [6.45, 7) is 3.50. The molecule has 3 rings (SSSR count). The number of pyridine rings is 1. The van der Waals surface area contributed by atoms with Gasteiger partial charge in [-0.25, -0.2) is 4.79 Å². The number of piperidine rings is 1. The molecule has 1 N–H and O–H groups in total. The van der Waals surface area contributed by atoms with Crippen molar-refractivity contribution in [2.45, 2.75) is 25.4 Å². The quantitative estimate of drug-likeness (QED) is 0.819. The van der Waals surface area contributed by atoms with Crippen molar-refractivity contribution in [2.75, 3.05) is 39.9 Å². The number of nitrogens with one attached hydrogen (secondary N) is 1. The number of amides is 3.